The van der Waals surface area contributed by atoms with E-state index in [0.717, 1.165) is 30.2 Å². The molecule has 20 heavy (non-hydrogen) atoms. The molecule has 0 aliphatic carbocycles. The minimum Gasteiger partial charge on any atom is -0.373 e. The van der Waals surface area contributed by atoms with E-state index in [9.17, 15) is 4.79 Å². The van der Waals surface area contributed by atoms with Gasteiger partial charge in [0.2, 0.25) is 5.91 Å². The van der Waals surface area contributed by atoms with Crippen molar-refractivity contribution in [1.29, 1.82) is 0 Å². The van der Waals surface area contributed by atoms with Gasteiger partial charge in [-0.1, -0.05) is 24.6 Å². The lowest BCUT2D eigenvalue weighted by Crippen LogP contribution is -2.26. The van der Waals surface area contributed by atoms with Crippen LogP contribution in [0.1, 0.15) is 25.3 Å². The topological polar surface area (TPSA) is 44.4 Å². The maximum atomic E-state index is 11.3. The lowest BCUT2D eigenvalue weighted by molar-refractivity contribution is -0.120. The van der Waals surface area contributed by atoms with Gasteiger partial charge in [0.1, 0.15) is 0 Å². The van der Waals surface area contributed by atoms with Crippen LogP contribution >= 0.6 is 11.6 Å². The molecule has 4 nitrogen and oxygen atoms in total. The summed E-state index contributed by atoms with van der Waals surface area (Å²) in [5.41, 5.74) is 2.13. The minimum atomic E-state index is 0.0355. The number of hydrogen-bond donors (Lipinski definition) is 2. The number of anilines is 1. The number of rotatable bonds is 8. The molecular formula is C15H24ClN3O. The molecule has 0 heterocycles. The molecule has 0 bridgehead atoms. The molecule has 2 N–H and O–H groups in total. The van der Waals surface area contributed by atoms with Crippen LogP contribution in [-0.4, -0.2) is 33.1 Å². The molecule has 1 aromatic carbocycles. The molecule has 5 heteroatoms. The number of carbonyl (C=O) groups is 1. The Morgan fingerprint density at radius 1 is 1.40 bits per heavy atom. The molecule has 0 saturated heterocycles. The number of halogens is 1. The Morgan fingerprint density at radius 3 is 2.75 bits per heavy atom. The average molecular weight is 298 g/mol. The summed E-state index contributed by atoms with van der Waals surface area (Å²) in [6.45, 7) is 4.62. The second-order valence-corrected chi connectivity index (χ2v) is 5.21. The van der Waals surface area contributed by atoms with Gasteiger partial charge in [0.15, 0.2) is 0 Å². The maximum Gasteiger partial charge on any atom is 0.221 e. The van der Waals surface area contributed by atoms with Crippen LogP contribution in [0.25, 0.3) is 0 Å². The predicted molar refractivity (Wildman–Crippen MR) is 85.4 cm³/mol. The molecule has 1 aromatic rings. The Bertz CT molecular complexity index is 437. The van der Waals surface area contributed by atoms with E-state index >= 15 is 0 Å². The first-order valence-electron chi connectivity index (χ1n) is 6.99. The molecule has 0 aliphatic heterocycles. The van der Waals surface area contributed by atoms with E-state index in [1.165, 1.54) is 5.56 Å². The highest BCUT2D eigenvalue weighted by molar-refractivity contribution is 6.33. The zero-order chi connectivity index (χ0) is 15.0. The van der Waals surface area contributed by atoms with Gasteiger partial charge >= 0.3 is 0 Å². The summed E-state index contributed by atoms with van der Waals surface area (Å²) in [6, 6.07) is 6.06. The summed E-state index contributed by atoms with van der Waals surface area (Å²) in [6.07, 6.45) is 1.58. The van der Waals surface area contributed by atoms with Crippen LogP contribution in [-0.2, 0) is 11.3 Å². The first-order chi connectivity index (χ1) is 9.58. The summed E-state index contributed by atoms with van der Waals surface area (Å²) >= 11 is 6.32. The molecule has 112 valence electrons. The third-order valence-electron chi connectivity index (χ3n) is 3.13. The van der Waals surface area contributed by atoms with Gasteiger partial charge in [-0.2, -0.15) is 0 Å². The van der Waals surface area contributed by atoms with Gasteiger partial charge in [0.05, 0.1) is 10.7 Å². The fraction of sp³-hybridized carbons (Fsp3) is 0.533. The second-order valence-electron chi connectivity index (χ2n) is 4.81. The number of nitrogens with zero attached hydrogens (tertiary/aromatic N) is 1. The van der Waals surface area contributed by atoms with E-state index in [1.54, 1.807) is 7.05 Å². The van der Waals surface area contributed by atoms with E-state index in [-0.39, 0.29) is 5.91 Å². The van der Waals surface area contributed by atoms with Crippen molar-refractivity contribution in [3.63, 3.8) is 0 Å². The first-order valence-corrected chi connectivity index (χ1v) is 7.37. The predicted octanol–water partition coefficient (Wildman–Crippen LogP) is 2.41. The van der Waals surface area contributed by atoms with Crippen molar-refractivity contribution < 1.29 is 4.79 Å². The van der Waals surface area contributed by atoms with Crippen molar-refractivity contribution in [1.82, 2.24) is 10.6 Å². The molecule has 0 saturated carbocycles. The maximum absolute atomic E-state index is 11.3. The Labute approximate surface area is 126 Å². The lowest BCUT2D eigenvalue weighted by atomic mass is 10.2. The van der Waals surface area contributed by atoms with Crippen LogP contribution in [0.5, 0.6) is 0 Å². The summed E-state index contributed by atoms with van der Waals surface area (Å²) in [5.74, 6) is 0.0355. The van der Waals surface area contributed by atoms with Crippen molar-refractivity contribution >= 4 is 23.2 Å². The highest BCUT2D eigenvalue weighted by atomic mass is 35.5. The van der Waals surface area contributed by atoms with Crippen molar-refractivity contribution in [2.75, 3.05) is 32.1 Å². The van der Waals surface area contributed by atoms with Crippen LogP contribution in [0.4, 0.5) is 5.69 Å². The molecule has 1 amide bonds. The molecule has 0 unspecified atom stereocenters. The SMILES string of the molecule is CCCNCc1ccc(N(C)CCC(=O)NC)c(Cl)c1. The molecular weight excluding hydrogens is 274 g/mol. The standard InChI is InChI=1S/C15H24ClN3O/c1-4-8-18-11-12-5-6-14(13(16)10-12)19(3)9-7-15(20)17-2/h5-6,10,18H,4,7-9,11H2,1-3H3,(H,17,20). The van der Waals surface area contributed by atoms with Gasteiger partial charge in [-0.15, -0.1) is 0 Å². The van der Waals surface area contributed by atoms with Crippen LogP contribution < -0.4 is 15.5 Å². The highest BCUT2D eigenvalue weighted by Crippen LogP contribution is 2.26. The van der Waals surface area contributed by atoms with E-state index in [0.29, 0.717) is 13.0 Å². The van der Waals surface area contributed by atoms with E-state index in [1.807, 2.05) is 24.1 Å². The Balaban J connectivity index is 2.60. The van der Waals surface area contributed by atoms with Gasteiger partial charge in [0, 0.05) is 33.6 Å². The Morgan fingerprint density at radius 2 is 2.15 bits per heavy atom. The van der Waals surface area contributed by atoms with Gasteiger partial charge in [0.25, 0.3) is 0 Å². The van der Waals surface area contributed by atoms with Gasteiger partial charge in [-0.05, 0) is 30.7 Å². The number of hydrogen-bond acceptors (Lipinski definition) is 3. The number of nitrogens with one attached hydrogen (secondary N) is 2. The monoisotopic (exact) mass is 297 g/mol. The van der Waals surface area contributed by atoms with Crippen molar-refractivity contribution in [3.8, 4) is 0 Å². The average Bonchev–Trinajstić information content (AvgIpc) is 2.44. The summed E-state index contributed by atoms with van der Waals surface area (Å²) < 4.78 is 0. The van der Waals surface area contributed by atoms with E-state index < -0.39 is 0 Å². The minimum absolute atomic E-state index is 0.0355. The van der Waals surface area contributed by atoms with Crippen LogP contribution in [0, 0.1) is 0 Å². The zero-order valence-corrected chi connectivity index (χ0v) is 13.3. The Hall–Kier alpha value is -1.26. The Kier molecular flexibility index (Phi) is 7.41. The van der Waals surface area contributed by atoms with Crippen molar-refractivity contribution in [3.05, 3.63) is 28.8 Å². The number of benzene rings is 1. The smallest absolute Gasteiger partial charge is 0.221 e. The zero-order valence-electron chi connectivity index (χ0n) is 12.5. The second kappa shape index (κ2) is 8.82. The first kappa shape index (κ1) is 16.8. The third-order valence-corrected chi connectivity index (χ3v) is 3.44. The molecule has 0 radical (unpaired) electrons. The molecule has 0 spiro atoms. The van der Waals surface area contributed by atoms with Crippen LogP contribution in [0.3, 0.4) is 0 Å². The quantitative estimate of drug-likeness (QED) is 0.724. The van der Waals surface area contributed by atoms with E-state index in [4.69, 9.17) is 11.6 Å². The largest absolute Gasteiger partial charge is 0.373 e. The van der Waals surface area contributed by atoms with E-state index in [2.05, 4.69) is 23.6 Å². The fourth-order valence-electron chi connectivity index (χ4n) is 1.89. The molecule has 0 atom stereocenters. The summed E-state index contributed by atoms with van der Waals surface area (Å²) in [5, 5.41) is 6.69. The number of carbonyl (C=O) groups excluding carboxylic acids is 1. The third kappa shape index (κ3) is 5.39. The molecule has 1 rings (SSSR count). The lowest BCUT2D eigenvalue weighted by Gasteiger charge is -2.20. The molecule has 0 fully saturated rings. The molecule has 0 aliphatic rings. The van der Waals surface area contributed by atoms with Gasteiger partial charge in [-0.25, -0.2) is 0 Å². The normalized spacial score (nSPS) is 10.4. The fourth-order valence-corrected chi connectivity index (χ4v) is 2.24. The van der Waals surface area contributed by atoms with Gasteiger partial charge in [-0.3, -0.25) is 4.79 Å². The van der Waals surface area contributed by atoms with Crippen LogP contribution in [0.15, 0.2) is 18.2 Å². The molecule has 0 aromatic heterocycles. The van der Waals surface area contributed by atoms with Crippen molar-refractivity contribution in [2.45, 2.75) is 26.3 Å². The summed E-state index contributed by atoms with van der Waals surface area (Å²) in [4.78, 5) is 13.3. The van der Waals surface area contributed by atoms with Crippen molar-refractivity contribution in [2.24, 2.45) is 0 Å². The summed E-state index contributed by atoms with van der Waals surface area (Å²) in [7, 11) is 3.59. The van der Waals surface area contributed by atoms with Crippen LogP contribution in [0.2, 0.25) is 5.02 Å². The van der Waals surface area contributed by atoms with Gasteiger partial charge < -0.3 is 15.5 Å². The highest BCUT2D eigenvalue weighted by Gasteiger charge is 2.08. The number of amides is 1.